The zero-order valence-corrected chi connectivity index (χ0v) is 15.5. The van der Waals surface area contributed by atoms with Gasteiger partial charge in [0.2, 0.25) is 0 Å². The van der Waals surface area contributed by atoms with Crippen molar-refractivity contribution < 1.29 is 0 Å². The fourth-order valence-corrected chi connectivity index (χ4v) is 4.25. The van der Waals surface area contributed by atoms with Gasteiger partial charge < -0.3 is 10.2 Å². The Bertz CT molecular complexity index is 490. The monoisotopic (exact) mass is 309 g/mol. The molecule has 0 amide bonds. The van der Waals surface area contributed by atoms with E-state index in [-0.39, 0.29) is 5.54 Å². The lowest BCUT2D eigenvalue weighted by Crippen LogP contribution is -2.40. The molecule has 0 spiro atoms. The molecule has 0 aliphatic heterocycles. The molecular formula is C17H31N3S. The van der Waals surface area contributed by atoms with E-state index in [4.69, 9.17) is 4.98 Å². The molecule has 120 valence electrons. The van der Waals surface area contributed by atoms with Gasteiger partial charge in [0.25, 0.3) is 0 Å². The maximum Gasteiger partial charge on any atom is 0.186 e. The Morgan fingerprint density at radius 2 is 2.05 bits per heavy atom. The second kappa shape index (κ2) is 5.88. The number of thiazole rings is 1. The first-order chi connectivity index (χ1) is 9.70. The van der Waals surface area contributed by atoms with Crippen molar-refractivity contribution in [3.05, 3.63) is 10.6 Å². The topological polar surface area (TPSA) is 28.2 Å². The second-order valence-corrected chi connectivity index (χ2v) is 8.70. The van der Waals surface area contributed by atoms with Gasteiger partial charge in [0.1, 0.15) is 0 Å². The van der Waals surface area contributed by atoms with Crippen LogP contribution in [0.25, 0.3) is 0 Å². The van der Waals surface area contributed by atoms with E-state index in [0.717, 1.165) is 19.4 Å². The minimum atomic E-state index is 0.156. The third-order valence-electron chi connectivity index (χ3n) is 4.95. The molecule has 1 atom stereocenters. The second-order valence-electron chi connectivity index (χ2n) is 7.69. The van der Waals surface area contributed by atoms with Gasteiger partial charge in [-0.25, -0.2) is 4.98 Å². The third kappa shape index (κ3) is 3.42. The molecule has 3 nitrogen and oxygen atoms in total. The summed E-state index contributed by atoms with van der Waals surface area (Å²) < 4.78 is 0. The van der Waals surface area contributed by atoms with E-state index in [2.05, 4.69) is 58.8 Å². The molecule has 1 aliphatic rings. The predicted octanol–water partition coefficient (Wildman–Crippen LogP) is 4.39. The molecule has 2 rings (SSSR count). The molecule has 0 saturated carbocycles. The first-order valence-corrected chi connectivity index (χ1v) is 8.98. The molecule has 0 radical (unpaired) electrons. The van der Waals surface area contributed by atoms with E-state index < -0.39 is 0 Å². The summed E-state index contributed by atoms with van der Waals surface area (Å²) in [4.78, 5) is 8.81. The predicted molar refractivity (Wildman–Crippen MR) is 93.4 cm³/mol. The van der Waals surface area contributed by atoms with Crippen molar-refractivity contribution in [2.75, 3.05) is 18.5 Å². The lowest BCUT2D eigenvalue weighted by atomic mass is 9.76. The highest BCUT2D eigenvalue weighted by Gasteiger charge is 2.36. The zero-order chi connectivity index (χ0) is 15.8. The SMILES string of the molecule is CCNC1CC(C)(C)Cc2nc(N(C)C(C)(C)CC)sc21. The van der Waals surface area contributed by atoms with Gasteiger partial charge in [-0.1, -0.05) is 39.0 Å². The van der Waals surface area contributed by atoms with Crippen molar-refractivity contribution in [1.29, 1.82) is 0 Å². The van der Waals surface area contributed by atoms with E-state index in [9.17, 15) is 0 Å². The largest absolute Gasteiger partial charge is 0.346 e. The Morgan fingerprint density at radius 3 is 2.62 bits per heavy atom. The fraction of sp³-hybridized carbons (Fsp3) is 0.824. The van der Waals surface area contributed by atoms with Crippen molar-refractivity contribution >= 4 is 16.5 Å². The van der Waals surface area contributed by atoms with Crippen LogP contribution in [0.4, 0.5) is 5.13 Å². The summed E-state index contributed by atoms with van der Waals surface area (Å²) in [6.07, 6.45) is 3.42. The number of nitrogens with one attached hydrogen (secondary N) is 1. The molecule has 21 heavy (non-hydrogen) atoms. The number of rotatable bonds is 5. The Kier molecular flexibility index (Phi) is 4.69. The first-order valence-electron chi connectivity index (χ1n) is 8.17. The third-order valence-corrected chi connectivity index (χ3v) is 6.23. The summed E-state index contributed by atoms with van der Waals surface area (Å²) in [6.45, 7) is 14.8. The quantitative estimate of drug-likeness (QED) is 0.874. The van der Waals surface area contributed by atoms with Gasteiger partial charge in [-0.2, -0.15) is 0 Å². The van der Waals surface area contributed by atoms with Gasteiger partial charge in [0, 0.05) is 23.5 Å². The number of nitrogens with zero attached hydrogens (tertiary/aromatic N) is 2. The Labute approximate surface area is 134 Å². The molecule has 0 aromatic carbocycles. The van der Waals surface area contributed by atoms with Crippen LogP contribution < -0.4 is 10.2 Å². The Morgan fingerprint density at radius 1 is 1.38 bits per heavy atom. The van der Waals surface area contributed by atoms with E-state index >= 15 is 0 Å². The van der Waals surface area contributed by atoms with Gasteiger partial charge in [-0.15, -0.1) is 0 Å². The Hall–Kier alpha value is -0.610. The molecule has 0 bridgehead atoms. The molecule has 1 aromatic heterocycles. The number of fused-ring (bicyclic) bond motifs is 1. The van der Waals surface area contributed by atoms with Crippen LogP contribution in [-0.2, 0) is 6.42 Å². The zero-order valence-electron chi connectivity index (χ0n) is 14.7. The van der Waals surface area contributed by atoms with Crippen LogP contribution in [0.15, 0.2) is 0 Å². The van der Waals surface area contributed by atoms with Crippen molar-refractivity contribution in [3.63, 3.8) is 0 Å². The highest BCUT2D eigenvalue weighted by Crippen LogP contribution is 2.45. The maximum atomic E-state index is 5.00. The number of aromatic nitrogens is 1. The van der Waals surface area contributed by atoms with Gasteiger partial charge in [0.05, 0.1) is 5.69 Å². The molecule has 1 aliphatic carbocycles. The smallest absolute Gasteiger partial charge is 0.186 e. The van der Waals surface area contributed by atoms with E-state index in [1.807, 2.05) is 11.3 Å². The molecule has 1 N–H and O–H groups in total. The molecule has 1 heterocycles. The first kappa shape index (κ1) is 16.8. The van der Waals surface area contributed by atoms with Crippen LogP contribution in [0.2, 0.25) is 0 Å². The summed E-state index contributed by atoms with van der Waals surface area (Å²) in [5.41, 5.74) is 1.81. The lowest BCUT2D eigenvalue weighted by Gasteiger charge is -2.34. The average Bonchev–Trinajstić information content (AvgIpc) is 2.80. The van der Waals surface area contributed by atoms with E-state index in [0.29, 0.717) is 11.5 Å². The van der Waals surface area contributed by atoms with E-state index in [1.54, 1.807) is 0 Å². The number of hydrogen-bond acceptors (Lipinski definition) is 4. The summed E-state index contributed by atoms with van der Waals surface area (Å²) >= 11 is 1.89. The van der Waals surface area contributed by atoms with Crippen LogP contribution in [0.3, 0.4) is 0 Å². The maximum absolute atomic E-state index is 5.00. The van der Waals surface area contributed by atoms with Crippen LogP contribution in [0.5, 0.6) is 0 Å². The number of anilines is 1. The minimum Gasteiger partial charge on any atom is -0.346 e. The van der Waals surface area contributed by atoms with Crippen molar-refractivity contribution in [3.8, 4) is 0 Å². The highest BCUT2D eigenvalue weighted by molar-refractivity contribution is 7.15. The molecular weight excluding hydrogens is 278 g/mol. The molecule has 1 aromatic rings. The van der Waals surface area contributed by atoms with Gasteiger partial charge >= 0.3 is 0 Å². The van der Waals surface area contributed by atoms with Gasteiger partial charge in [-0.3, -0.25) is 0 Å². The lowest BCUT2D eigenvalue weighted by molar-refractivity contribution is 0.260. The summed E-state index contributed by atoms with van der Waals surface area (Å²) in [5, 5.41) is 4.83. The standard InChI is InChI=1S/C17H31N3S/c1-8-17(5,6)20(7)15-19-13-11-16(3,4)10-12(18-9-2)14(13)21-15/h12,18H,8-11H2,1-7H3. The average molecular weight is 310 g/mol. The van der Waals surface area contributed by atoms with Gasteiger partial charge in [0.15, 0.2) is 5.13 Å². The van der Waals surface area contributed by atoms with Gasteiger partial charge in [-0.05, 0) is 45.1 Å². The van der Waals surface area contributed by atoms with Crippen LogP contribution in [0, 0.1) is 5.41 Å². The normalized spacial score (nSPS) is 21.2. The fourth-order valence-electron chi connectivity index (χ4n) is 2.97. The molecule has 0 fully saturated rings. The highest BCUT2D eigenvalue weighted by atomic mass is 32.1. The summed E-state index contributed by atoms with van der Waals surface area (Å²) in [6, 6.07) is 0.470. The molecule has 1 unspecified atom stereocenters. The molecule has 4 heteroatoms. The van der Waals surface area contributed by atoms with E-state index in [1.165, 1.54) is 22.1 Å². The molecule has 0 saturated heterocycles. The summed E-state index contributed by atoms with van der Waals surface area (Å²) in [7, 11) is 2.18. The van der Waals surface area contributed by atoms with Crippen molar-refractivity contribution in [2.24, 2.45) is 5.41 Å². The van der Waals surface area contributed by atoms with Crippen LogP contribution in [-0.4, -0.2) is 24.1 Å². The summed E-state index contributed by atoms with van der Waals surface area (Å²) in [5.74, 6) is 0. The van der Waals surface area contributed by atoms with Crippen LogP contribution >= 0.6 is 11.3 Å². The van der Waals surface area contributed by atoms with Crippen LogP contribution in [0.1, 0.15) is 71.0 Å². The minimum absolute atomic E-state index is 0.156. The Balaban J connectivity index is 2.35. The van der Waals surface area contributed by atoms with Crippen molar-refractivity contribution in [1.82, 2.24) is 10.3 Å². The number of hydrogen-bond donors (Lipinski definition) is 1. The van der Waals surface area contributed by atoms with Crippen molar-refractivity contribution in [2.45, 2.75) is 72.4 Å².